The van der Waals surface area contributed by atoms with Gasteiger partial charge in [0.05, 0.1) is 11.4 Å². The van der Waals surface area contributed by atoms with Gasteiger partial charge in [-0.1, -0.05) is 6.07 Å². The maximum absolute atomic E-state index is 13.3. The minimum Gasteiger partial charge on any atom is -0.395 e. The molecular weight excluding hydrogens is 265 g/mol. The van der Waals surface area contributed by atoms with Crippen molar-refractivity contribution >= 4 is 11.4 Å². The fraction of sp³-hybridized carbons (Fsp3) is 0.200. The van der Waals surface area contributed by atoms with E-state index in [2.05, 4.69) is 5.32 Å². The molecule has 2 nitrogen and oxygen atoms in total. The summed E-state index contributed by atoms with van der Waals surface area (Å²) in [5, 5.41) is 2.89. The Bertz CT molecular complexity index is 627. The molecule has 3 N–H and O–H groups in total. The van der Waals surface area contributed by atoms with Gasteiger partial charge in [-0.3, -0.25) is 0 Å². The number of benzene rings is 2. The third kappa shape index (κ3) is 3.23. The Labute approximate surface area is 115 Å². The SMILES string of the molecule is Cc1cc(F)ccc1CCNc1cc(F)cc(F)c1N. The minimum atomic E-state index is -0.787. The van der Waals surface area contributed by atoms with E-state index in [9.17, 15) is 13.2 Å². The first kappa shape index (κ1) is 14.2. The van der Waals surface area contributed by atoms with Crippen LogP contribution in [0.4, 0.5) is 24.5 Å². The average molecular weight is 280 g/mol. The van der Waals surface area contributed by atoms with Gasteiger partial charge >= 0.3 is 0 Å². The third-order valence-electron chi connectivity index (χ3n) is 3.11. The van der Waals surface area contributed by atoms with E-state index in [-0.39, 0.29) is 17.2 Å². The van der Waals surface area contributed by atoms with Crippen LogP contribution in [0.25, 0.3) is 0 Å². The van der Waals surface area contributed by atoms with Gasteiger partial charge in [0.25, 0.3) is 0 Å². The van der Waals surface area contributed by atoms with Crippen LogP contribution in [-0.2, 0) is 6.42 Å². The number of halogens is 3. The number of nitrogens with two attached hydrogens (primary N) is 1. The molecule has 0 bridgehead atoms. The Balaban J connectivity index is 2.03. The molecule has 0 aliphatic rings. The van der Waals surface area contributed by atoms with Crippen LogP contribution in [0.2, 0.25) is 0 Å². The Morgan fingerprint density at radius 2 is 1.80 bits per heavy atom. The van der Waals surface area contributed by atoms with Crippen LogP contribution in [0.5, 0.6) is 0 Å². The molecule has 0 amide bonds. The zero-order chi connectivity index (χ0) is 14.7. The van der Waals surface area contributed by atoms with Gasteiger partial charge in [0.1, 0.15) is 11.6 Å². The lowest BCUT2D eigenvalue weighted by molar-refractivity contribution is 0.587. The second-order valence-electron chi connectivity index (χ2n) is 4.60. The summed E-state index contributed by atoms with van der Waals surface area (Å²) in [5.74, 6) is -1.75. The van der Waals surface area contributed by atoms with Gasteiger partial charge in [-0.15, -0.1) is 0 Å². The molecule has 0 fully saturated rings. The Morgan fingerprint density at radius 3 is 2.50 bits per heavy atom. The third-order valence-corrected chi connectivity index (χ3v) is 3.11. The molecule has 0 aliphatic carbocycles. The molecule has 0 heterocycles. The Kier molecular flexibility index (Phi) is 4.17. The monoisotopic (exact) mass is 280 g/mol. The molecule has 106 valence electrons. The molecule has 2 rings (SSSR count). The number of nitrogen functional groups attached to an aromatic ring is 1. The molecule has 0 radical (unpaired) electrons. The van der Waals surface area contributed by atoms with Crippen molar-refractivity contribution in [3.8, 4) is 0 Å². The first-order valence-corrected chi connectivity index (χ1v) is 6.21. The van der Waals surface area contributed by atoms with Gasteiger partial charge in [0.15, 0.2) is 5.82 Å². The molecule has 0 spiro atoms. The molecule has 5 heteroatoms. The van der Waals surface area contributed by atoms with Crippen LogP contribution in [0.3, 0.4) is 0 Å². The number of anilines is 2. The number of nitrogens with one attached hydrogen (secondary N) is 1. The highest BCUT2D eigenvalue weighted by Crippen LogP contribution is 2.23. The summed E-state index contributed by atoms with van der Waals surface area (Å²) < 4.78 is 39.3. The van der Waals surface area contributed by atoms with Crippen molar-refractivity contribution in [2.24, 2.45) is 0 Å². The van der Waals surface area contributed by atoms with Crippen molar-refractivity contribution in [1.82, 2.24) is 0 Å². The molecule has 0 aromatic heterocycles. The largest absolute Gasteiger partial charge is 0.395 e. The molecule has 0 saturated carbocycles. The van der Waals surface area contributed by atoms with Crippen LogP contribution < -0.4 is 11.1 Å². The number of hydrogen-bond acceptors (Lipinski definition) is 2. The van der Waals surface area contributed by atoms with Crippen LogP contribution in [0, 0.1) is 24.4 Å². The highest BCUT2D eigenvalue weighted by molar-refractivity contribution is 5.66. The fourth-order valence-corrected chi connectivity index (χ4v) is 2.00. The minimum absolute atomic E-state index is 0.109. The summed E-state index contributed by atoms with van der Waals surface area (Å²) >= 11 is 0. The molecule has 0 atom stereocenters. The number of aryl methyl sites for hydroxylation is 1. The standard InChI is InChI=1S/C15H15F3N2/c1-9-6-11(16)3-2-10(9)4-5-20-14-8-12(17)7-13(18)15(14)19/h2-3,6-8,20H,4-5,19H2,1H3. The van der Waals surface area contributed by atoms with Crippen molar-refractivity contribution in [2.75, 3.05) is 17.6 Å². The Morgan fingerprint density at radius 1 is 1.05 bits per heavy atom. The maximum atomic E-state index is 13.3. The van der Waals surface area contributed by atoms with Crippen molar-refractivity contribution in [2.45, 2.75) is 13.3 Å². The Hall–Kier alpha value is -2.17. The quantitative estimate of drug-likeness (QED) is 0.839. The molecule has 20 heavy (non-hydrogen) atoms. The van der Waals surface area contributed by atoms with Crippen LogP contribution in [0.15, 0.2) is 30.3 Å². The van der Waals surface area contributed by atoms with Crippen molar-refractivity contribution in [3.63, 3.8) is 0 Å². The topological polar surface area (TPSA) is 38.0 Å². The molecule has 0 unspecified atom stereocenters. The zero-order valence-electron chi connectivity index (χ0n) is 11.0. The summed E-state index contributed by atoms with van der Waals surface area (Å²) in [7, 11) is 0. The van der Waals surface area contributed by atoms with Gasteiger partial charge in [-0.25, -0.2) is 13.2 Å². The number of rotatable bonds is 4. The molecule has 2 aromatic carbocycles. The van der Waals surface area contributed by atoms with Crippen LogP contribution >= 0.6 is 0 Å². The van der Waals surface area contributed by atoms with Gasteiger partial charge in [-0.2, -0.15) is 0 Å². The number of hydrogen-bond donors (Lipinski definition) is 2. The fourth-order valence-electron chi connectivity index (χ4n) is 2.00. The van der Waals surface area contributed by atoms with Crippen LogP contribution in [-0.4, -0.2) is 6.54 Å². The average Bonchev–Trinajstić information content (AvgIpc) is 2.37. The highest BCUT2D eigenvalue weighted by atomic mass is 19.1. The molecule has 2 aromatic rings. The normalized spacial score (nSPS) is 10.6. The zero-order valence-corrected chi connectivity index (χ0v) is 11.0. The summed E-state index contributed by atoms with van der Waals surface area (Å²) in [6.45, 7) is 2.26. The van der Waals surface area contributed by atoms with E-state index in [1.54, 1.807) is 6.07 Å². The smallest absolute Gasteiger partial charge is 0.151 e. The van der Waals surface area contributed by atoms with E-state index in [1.807, 2.05) is 6.92 Å². The van der Waals surface area contributed by atoms with Crippen LogP contribution in [0.1, 0.15) is 11.1 Å². The van der Waals surface area contributed by atoms with Crippen molar-refractivity contribution in [1.29, 1.82) is 0 Å². The molecule has 0 saturated heterocycles. The van der Waals surface area contributed by atoms with E-state index in [1.165, 1.54) is 12.1 Å². The van der Waals surface area contributed by atoms with Gasteiger partial charge in [-0.05, 0) is 42.7 Å². The summed E-state index contributed by atoms with van der Waals surface area (Å²) in [6, 6.07) is 6.42. The molecule has 0 aliphatic heterocycles. The first-order chi connectivity index (χ1) is 9.47. The lowest BCUT2D eigenvalue weighted by atomic mass is 10.1. The van der Waals surface area contributed by atoms with Gasteiger partial charge < -0.3 is 11.1 Å². The molecular formula is C15H15F3N2. The van der Waals surface area contributed by atoms with E-state index < -0.39 is 11.6 Å². The van der Waals surface area contributed by atoms with Crippen molar-refractivity contribution < 1.29 is 13.2 Å². The highest BCUT2D eigenvalue weighted by Gasteiger charge is 2.08. The second kappa shape index (κ2) is 5.86. The van der Waals surface area contributed by atoms with Gasteiger partial charge in [0.2, 0.25) is 0 Å². The van der Waals surface area contributed by atoms with E-state index in [4.69, 9.17) is 5.73 Å². The first-order valence-electron chi connectivity index (χ1n) is 6.21. The lowest BCUT2D eigenvalue weighted by Crippen LogP contribution is -2.09. The summed E-state index contributed by atoms with van der Waals surface area (Å²) in [6.07, 6.45) is 0.601. The predicted octanol–water partition coefficient (Wildman–Crippen LogP) is 3.65. The predicted molar refractivity (Wildman–Crippen MR) is 74.1 cm³/mol. The van der Waals surface area contributed by atoms with Crippen molar-refractivity contribution in [3.05, 3.63) is 58.9 Å². The summed E-state index contributed by atoms with van der Waals surface area (Å²) in [5.41, 5.74) is 7.45. The van der Waals surface area contributed by atoms with E-state index >= 15 is 0 Å². The van der Waals surface area contributed by atoms with E-state index in [0.29, 0.717) is 13.0 Å². The second-order valence-corrected chi connectivity index (χ2v) is 4.60. The lowest BCUT2D eigenvalue weighted by Gasteiger charge is -2.11. The van der Waals surface area contributed by atoms with E-state index in [0.717, 1.165) is 23.3 Å². The summed E-state index contributed by atoms with van der Waals surface area (Å²) in [4.78, 5) is 0. The maximum Gasteiger partial charge on any atom is 0.151 e. The van der Waals surface area contributed by atoms with Gasteiger partial charge in [0, 0.05) is 12.6 Å².